The molecule has 1 rings (SSSR count). The van der Waals surface area contributed by atoms with Gasteiger partial charge in [-0.25, -0.2) is 4.79 Å². The number of benzene rings is 1. The molecule has 32 heavy (non-hydrogen) atoms. The van der Waals surface area contributed by atoms with E-state index in [0.29, 0.717) is 6.42 Å². The lowest BCUT2D eigenvalue weighted by molar-refractivity contribution is -0.142. The second-order valence-corrected chi connectivity index (χ2v) is 8.46. The van der Waals surface area contributed by atoms with Crippen LogP contribution in [0.5, 0.6) is 0 Å². The summed E-state index contributed by atoms with van der Waals surface area (Å²) >= 11 is 0. The Morgan fingerprint density at radius 1 is 0.906 bits per heavy atom. The molecule has 0 aliphatic heterocycles. The van der Waals surface area contributed by atoms with E-state index in [4.69, 9.17) is 5.73 Å². The van der Waals surface area contributed by atoms with Gasteiger partial charge >= 0.3 is 5.97 Å². The van der Waals surface area contributed by atoms with E-state index >= 15 is 0 Å². The molecule has 0 saturated carbocycles. The summed E-state index contributed by atoms with van der Waals surface area (Å²) in [6, 6.07) is 5.19. The summed E-state index contributed by atoms with van der Waals surface area (Å²) in [6.45, 7) is 8.75. The predicted molar refractivity (Wildman–Crippen MR) is 122 cm³/mol. The molecule has 5 atom stereocenters. The van der Waals surface area contributed by atoms with Crippen LogP contribution in [0.25, 0.3) is 0 Å². The highest BCUT2D eigenvalue weighted by Crippen LogP contribution is 2.10. The Balaban J connectivity index is 2.87. The monoisotopic (exact) mass is 448 g/mol. The number of nitrogens with two attached hydrogens (primary N) is 1. The van der Waals surface area contributed by atoms with E-state index in [2.05, 4.69) is 16.0 Å². The van der Waals surface area contributed by atoms with Crippen LogP contribution in [0.3, 0.4) is 0 Å². The standard InChI is InChI=1S/C23H36N4O5/c1-6-14(4)19(27-20(28)15(5)25-21(29)18(24)13(2)3)22(30)26-17(23(31)32)12-16-10-8-7-9-11-16/h7-11,13-15,17-19H,6,12,24H2,1-5H3,(H,25,29)(H,26,30)(H,27,28)(H,31,32). The van der Waals surface area contributed by atoms with Crippen molar-refractivity contribution in [2.24, 2.45) is 17.6 Å². The number of nitrogens with one attached hydrogen (secondary N) is 3. The number of aliphatic carboxylic acids is 1. The Bertz CT molecular complexity index is 784. The van der Waals surface area contributed by atoms with Crippen molar-refractivity contribution >= 4 is 23.7 Å². The SMILES string of the molecule is CCC(C)C(NC(=O)C(C)NC(=O)C(N)C(C)C)C(=O)NC(Cc1ccccc1)C(=O)O. The van der Waals surface area contributed by atoms with Gasteiger partial charge in [0.15, 0.2) is 0 Å². The Morgan fingerprint density at radius 3 is 2.00 bits per heavy atom. The zero-order chi connectivity index (χ0) is 24.4. The lowest BCUT2D eigenvalue weighted by atomic mass is 9.97. The van der Waals surface area contributed by atoms with Crippen LogP contribution in [0.15, 0.2) is 30.3 Å². The second-order valence-electron chi connectivity index (χ2n) is 8.46. The summed E-state index contributed by atoms with van der Waals surface area (Å²) in [5.74, 6) is -3.12. The highest BCUT2D eigenvalue weighted by atomic mass is 16.4. The number of carbonyl (C=O) groups excluding carboxylic acids is 3. The van der Waals surface area contributed by atoms with Crippen LogP contribution in [0.2, 0.25) is 0 Å². The number of carboxylic acids is 1. The zero-order valence-corrected chi connectivity index (χ0v) is 19.4. The van der Waals surface area contributed by atoms with Crippen LogP contribution in [0.1, 0.15) is 46.6 Å². The topological polar surface area (TPSA) is 151 Å². The van der Waals surface area contributed by atoms with E-state index in [1.54, 1.807) is 45.0 Å². The molecule has 5 unspecified atom stereocenters. The number of amides is 3. The highest BCUT2D eigenvalue weighted by Gasteiger charge is 2.31. The first-order valence-electron chi connectivity index (χ1n) is 10.9. The summed E-state index contributed by atoms with van der Waals surface area (Å²) in [5, 5.41) is 17.3. The molecule has 0 aliphatic carbocycles. The highest BCUT2D eigenvalue weighted by molar-refractivity contribution is 5.94. The fourth-order valence-electron chi connectivity index (χ4n) is 2.97. The quantitative estimate of drug-likeness (QED) is 0.319. The van der Waals surface area contributed by atoms with Crippen LogP contribution in [0.4, 0.5) is 0 Å². The number of hydrogen-bond donors (Lipinski definition) is 5. The van der Waals surface area contributed by atoms with Crippen LogP contribution < -0.4 is 21.7 Å². The van der Waals surface area contributed by atoms with Crippen molar-refractivity contribution in [1.82, 2.24) is 16.0 Å². The Kier molecular flexibility index (Phi) is 10.8. The second kappa shape index (κ2) is 12.8. The summed E-state index contributed by atoms with van der Waals surface area (Å²) in [7, 11) is 0. The maximum atomic E-state index is 12.9. The molecule has 0 spiro atoms. The van der Waals surface area contributed by atoms with Gasteiger partial charge in [0, 0.05) is 6.42 Å². The van der Waals surface area contributed by atoms with Gasteiger partial charge in [-0.05, 0) is 24.3 Å². The van der Waals surface area contributed by atoms with E-state index < -0.39 is 47.9 Å². The van der Waals surface area contributed by atoms with Gasteiger partial charge in [0.2, 0.25) is 17.7 Å². The molecular formula is C23H36N4O5. The van der Waals surface area contributed by atoms with Crippen molar-refractivity contribution in [2.45, 2.75) is 71.6 Å². The molecule has 0 saturated heterocycles. The van der Waals surface area contributed by atoms with Gasteiger partial charge in [-0.3, -0.25) is 14.4 Å². The molecule has 1 aromatic carbocycles. The lowest BCUT2D eigenvalue weighted by Crippen LogP contribution is -2.58. The van der Waals surface area contributed by atoms with Gasteiger partial charge in [-0.1, -0.05) is 64.4 Å². The Labute approximate surface area is 189 Å². The first-order chi connectivity index (χ1) is 15.0. The van der Waals surface area contributed by atoms with Gasteiger partial charge in [0.1, 0.15) is 18.1 Å². The van der Waals surface area contributed by atoms with Crippen LogP contribution in [-0.2, 0) is 25.6 Å². The Morgan fingerprint density at radius 2 is 1.50 bits per heavy atom. The Hall–Kier alpha value is -2.94. The molecule has 0 heterocycles. The minimum Gasteiger partial charge on any atom is -0.480 e. The summed E-state index contributed by atoms with van der Waals surface area (Å²) in [6.07, 6.45) is 0.691. The first kappa shape index (κ1) is 27.1. The van der Waals surface area contributed by atoms with E-state index in [9.17, 15) is 24.3 Å². The third-order valence-corrected chi connectivity index (χ3v) is 5.46. The largest absolute Gasteiger partial charge is 0.480 e. The third-order valence-electron chi connectivity index (χ3n) is 5.46. The van der Waals surface area contributed by atoms with Crippen molar-refractivity contribution in [3.63, 3.8) is 0 Å². The molecule has 0 fully saturated rings. The van der Waals surface area contributed by atoms with Crippen LogP contribution in [-0.4, -0.2) is 53.0 Å². The van der Waals surface area contributed by atoms with Gasteiger partial charge in [0.05, 0.1) is 6.04 Å². The minimum atomic E-state index is -1.17. The molecule has 0 aliphatic rings. The maximum Gasteiger partial charge on any atom is 0.326 e. The van der Waals surface area contributed by atoms with Gasteiger partial charge in [-0.2, -0.15) is 0 Å². The van der Waals surface area contributed by atoms with E-state index in [1.807, 2.05) is 13.0 Å². The average Bonchev–Trinajstić information content (AvgIpc) is 2.75. The van der Waals surface area contributed by atoms with Crippen molar-refractivity contribution < 1.29 is 24.3 Å². The van der Waals surface area contributed by atoms with Crippen molar-refractivity contribution in [1.29, 1.82) is 0 Å². The van der Waals surface area contributed by atoms with Crippen LogP contribution in [0, 0.1) is 11.8 Å². The molecule has 9 heteroatoms. The zero-order valence-electron chi connectivity index (χ0n) is 19.4. The van der Waals surface area contributed by atoms with E-state index in [0.717, 1.165) is 5.56 Å². The van der Waals surface area contributed by atoms with E-state index in [1.165, 1.54) is 6.92 Å². The molecule has 0 bridgehead atoms. The van der Waals surface area contributed by atoms with Gasteiger partial charge in [-0.15, -0.1) is 0 Å². The first-order valence-corrected chi connectivity index (χ1v) is 10.9. The van der Waals surface area contributed by atoms with Crippen molar-refractivity contribution in [3.8, 4) is 0 Å². The van der Waals surface area contributed by atoms with Gasteiger partial charge < -0.3 is 26.8 Å². The number of carbonyl (C=O) groups is 4. The number of hydrogen-bond acceptors (Lipinski definition) is 5. The molecule has 6 N–H and O–H groups in total. The van der Waals surface area contributed by atoms with Crippen molar-refractivity contribution in [2.75, 3.05) is 0 Å². The minimum absolute atomic E-state index is 0.0959. The molecule has 9 nitrogen and oxygen atoms in total. The number of rotatable bonds is 12. The lowest BCUT2D eigenvalue weighted by Gasteiger charge is -2.27. The summed E-state index contributed by atoms with van der Waals surface area (Å²) in [4.78, 5) is 49.4. The fourth-order valence-corrected chi connectivity index (χ4v) is 2.97. The molecule has 3 amide bonds. The van der Waals surface area contributed by atoms with Gasteiger partial charge in [0.25, 0.3) is 0 Å². The summed E-state index contributed by atoms with van der Waals surface area (Å²) in [5.41, 5.74) is 6.58. The number of carboxylic acid groups (broad SMARTS) is 1. The van der Waals surface area contributed by atoms with E-state index in [-0.39, 0.29) is 18.3 Å². The fraction of sp³-hybridized carbons (Fsp3) is 0.565. The molecule has 178 valence electrons. The normalized spacial score (nSPS) is 15.7. The summed E-state index contributed by atoms with van der Waals surface area (Å²) < 4.78 is 0. The predicted octanol–water partition coefficient (Wildman–Crippen LogP) is 0.817. The maximum absolute atomic E-state index is 12.9. The molecule has 1 aromatic rings. The van der Waals surface area contributed by atoms with Crippen LogP contribution >= 0.6 is 0 Å². The van der Waals surface area contributed by atoms with Crippen molar-refractivity contribution in [3.05, 3.63) is 35.9 Å². The molecular weight excluding hydrogens is 412 g/mol. The third kappa shape index (κ3) is 8.30. The molecule has 0 radical (unpaired) electrons. The average molecular weight is 449 g/mol. The smallest absolute Gasteiger partial charge is 0.326 e. The molecule has 0 aromatic heterocycles.